The zero-order valence-electron chi connectivity index (χ0n) is 12.2. The van der Waals surface area contributed by atoms with Gasteiger partial charge in [-0.25, -0.2) is 0 Å². The van der Waals surface area contributed by atoms with Crippen molar-refractivity contribution in [2.75, 3.05) is 0 Å². The van der Waals surface area contributed by atoms with Crippen LogP contribution in [0, 0.1) is 5.41 Å². The van der Waals surface area contributed by atoms with E-state index in [2.05, 4.69) is 19.2 Å². The highest BCUT2D eigenvalue weighted by molar-refractivity contribution is 5.82. The lowest BCUT2D eigenvalue weighted by Crippen LogP contribution is -2.49. The van der Waals surface area contributed by atoms with Gasteiger partial charge in [-0.3, -0.25) is 4.79 Å². The number of benzene rings is 1. The number of aromatic hydroxyl groups is 1. The molecule has 0 radical (unpaired) electrons. The first-order chi connectivity index (χ1) is 9.38. The number of phenolic OH excluding ortho intramolecular Hbond substituents is 1. The predicted molar refractivity (Wildman–Crippen MR) is 79.3 cm³/mol. The van der Waals surface area contributed by atoms with E-state index in [1.165, 1.54) is 0 Å². The number of carbonyl (C=O) groups excluding carboxylic acids is 1. The molecule has 2 atom stereocenters. The molecule has 4 nitrogen and oxygen atoms in total. The van der Waals surface area contributed by atoms with Gasteiger partial charge in [0.1, 0.15) is 5.75 Å². The minimum atomic E-state index is -0.545. The van der Waals surface area contributed by atoms with E-state index in [1.54, 1.807) is 24.3 Å². The average Bonchev–Trinajstić information content (AvgIpc) is 2.71. The van der Waals surface area contributed by atoms with Crippen LogP contribution in [0.25, 0.3) is 0 Å². The maximum Gasteiger partial charge on any atom is 0.237 e. The lowest BCUT2D eigenvalue weighted by Gasteiger charge is -2.28. The van der Waals surface area contributed by atoms with Crippen molar-refractivity contribution >= 4 is 5.91 Å². The van der Waals surface area contributed by atoms with Crippen LogP contribution in [0.15, 0.2) is 24.3 Å². The third-order valence-electron chi connectivity index (χ3n) is 4.30. The molecule has 0 aliphatic heterocycles. The molecule has 1 aromatic rings. The van der Waals surface area contributed by atoms with Gasteiger partial charge in [-0.15, -0.1) is 0 Å². The molecule has 0 bridgehead atoms. The first-order valence-corrected chi connectivity index (χ1v) is 7.22. The van der Waals surface area contributed by atoms with Crippen molar-refractivity contribution in [1.29, 1.82) is 0 Å². The van der Waals surface area contributed by atoms with E-state index < -0.39 is 6.04 Å². The minimum absolute atomic E-state index is 0.0851. The van der Waals surface area contributed by atoms with Crippen molar-refractivity contribution in [2.45, 2.75) is 51.6 Å². The van der Waals surface area contributed by atoms with Crippen LogP contribution in [-0.4, -0.2) is 23.1 Å². The number of nitrogens with two attached hydrogens (primary N) is 1. The molecule has 2 rings (SSSR count). The molecular weight excluding hydrogens is 252 g/mol. The van der Waals surface area contributed by atoms with E-state index in [0.29, 0.717) is 6.42 Å². The van der Waals surface area contributed by atoms with Gasteiger partial charge in [-0.05, 0) is 42.4 Å². The molecule has 110 valence electrons. The molecule has 1 saturated carbocycles. The van der Waals surface area contributed by atoms with Crippen molar-refractivity contribution in [3.63, 3.8) is 0 Å². The topological polar surface area (TPSA) is 75.4 Å². The normalized spacial score (nSPS) is 22.4. The number of phenols is 1. The second-order valence-electron chi connectivity index (χ2n) is 6.42. The minimum Gasteiger partial charge on any atom is -0.508 e. The Hall–Kier alpha value is -1.55. The van der Waals surface area contributed by atoms with Gasteiger partial charge in [-0.2, -0.15) is 0 Å². The number of hydrogen-bond acceptors (Lipinski definition) is 3. The predicted octanol–water partition coefficient (Wildman–Crippen LogP) is 1.96. The van der Waals surface area contributed by atoms with Crippen LogP contribution >= 0.6 is 0 Å². The monoisotopic (exact) mass is 276 g/mol. The van der Waals surface area contributed by atoms with Gasteiger partial charge in [0.15, 0.2) is 0 Å². The van der Waals surface area contributed by atoms with E-state index >= 15 is 0 Å². The first-order valence-electron chi connectivity index (χ1n) is 7.22. The molecule has 0 aromatic heterocycles. The molecule has 0 heterocycles. The molecule has 4 N–H and O–H groups in total. The van der Waals surface area contributed by atoms with E-state index in [0.717, 1.165) is 24.8 Å². The Morgan fingerprint density at radius 1 is 1.45 bits per heavy atom. The van der Waals surface area contributed by atoms with Crippen LogP contribution < -0.4 is 11.1 Å². The summed E-state index contributed by atoms with van der Waals surface area (Å²) in [7, 11) is 0. The van der Waals surface area contributed by atoms with Gasteiger partial charge < -0.3 is 16.2 Å². The Morgan fingerprint density at radius 3 is 2.65 bits per heavy atom. The Balaban J connectivity index is 1.90. The van der Waals surface area contributed by atoms with Crippen LogP contribution in [0.3, 0.4) is 0 Å². The van der Waals surface area contributed by atoms with E-state index in [1.807, 2.05) is 0 Å². The third-order valence-corrected chi connectivity index (χ3v) is 4.30. The second kappa shape index (κ2) is 5.83. The highest BCUT2D eigenvalue weighted by Gasteiger charge is 2.36. The quantitative estimate of drug-likeness (QED) is 0.787. The largest absolute Gasteiger partial charge is 0.508 e. The Kier molecular flexibility index (Phi) is 4.33. The SMILES string of the molecule is CC1(C)CCCC1NC(=O)[C@@H](N)Cc1ccc(O)cc1. The van der Waals surface area contributed by atoms with Crippen LogP contribution in [0.2, 0.25) is 0 Å². The molecule has 1 amide bonds. The first kappa shape index (κ1) is 14.9. The Labute approximate surface area is 120 Å². The molecule has 1 unspecified atom stereocenters. The molecular formula is C16H24N2O2. The van der Waals surface area contributed by atoms with E-state index in [9.17, 15) is 9.90 Å². The average molecular weight is 276 g/mol. The fourth-order valence-electron chi connectivity index (χ4n) is 2.85. The molecule has 1 fully saturated rings. The highest BCUT2D eigenvalue weighted by Crippen LogP contribution is 2.37. The Bertz CT molecular complexity index is 468. The summed E-state index contributed by atoms with van der Waals surface area (Å²) in [5, 5.41) is 12.3. The van der Waals surface area contributed by atoms with Gasteiger partial charge in [0.25, 0.3) is 0 Å². The number of amides is 1. The standard InChI is InChI=1S/C16H24N2O2/c1-16(2)9-3-4-14(16)18-15(20)13(17)10-11-5-7-12(19)8-6-11/h5-8,13-14,19H,3-4,9-10,17H2,1-2H3,(H,18,20)/t13-,14?/m0/s1. The molecule has 20 heavy (non-hydrogen) atoms. The van der Waals surface area contributed by atoms with E-state index in [4.69, 9.17) is 5.73 Å². The molecule has 1 aromatic carbocycles. The summed E-state index contributed by atoms with van der Waals surface area (Å²) in [6.45, 7) is 4.38. The number of nitrogens with one attached hydrogen (secondary N) is 1. The zero-order valence-corrected chi connectivity index (χ0v) is 12.2. The van der Waals surface area contributed by atoms with Crippen molar-refractivity contribution in [3.8, 4) is 5.75 Å². The highest BCUT2D eigenvalue weighted by atomic mass is 16.3. The lowest BCUT2D eigenvalue weighted by molar-refractivity contribution is -0.123. The van der Waals surface area contributed by atoms with Gasteiger partial charge in [0, 0.05) is 6.04 Å². The second-order valence-corrected chi connectivity index (χ2v) is 6.42. The summed E-state index contributed by atoms with van der Waals surface area (Å²) < 4.78 is 0. The van der Waals surface area contributed by atoms with Crippen LogP contribution in [-0.2, 0) is 11.2 Å². The molecule has 0 saturated heterocycles. The van der Waals surface area contributed by atoms with Gasteiger partial charge >= 0.3 is 0 Å². The van der Waals surface area contributed by atoms with Gasteiger partial charge in [-0.1, -0.05) is 32.4 Å². The molecule has 1 aliphatic rings. The van der Waals surface area contributed by atoms with Crippen molar-refractivity contribution in [3.05, 3.63) is 29.8 Å². The van der Waals surface area contributed by atoms with Crippen LogP contribution in [0.5, 0.6) is 5.75 Å². The lowest BCUT2D eigenvalue weighted by atomic mass is 9.87. The maximum atomic E-state index is 12.2. The van der Waals surface area contributed by atoms with Gasteiger partial charge in [0.2, 0.25) is 5.91 Å². The van der Waals surface area contributed by atoms with E-state index in [-0.39, 0.29) is 23.1 Å². The third kappa shape index (κ3) is 3.51. The molecule has 4 heteroatoms. The summed E-state index contributed by atoms with van der Waals surface area (Å²) in [5.41, 5.74) is 7.09. The zero-order chi connectivity index (χ0) is 14.8. The number of carbonyl (C=O) groups is 1. The van der Waals surface area contributed by atoms with Crippen LogP contribution in [0.1, 0.15) is 38.7 Å². The number of rotatable bonds is 4. The fraction of sp³-hybridized carbons (Fsp3) is 0.562. The number of hydrogen-bond donors (Lipinski definition) is 3. The Morgan fingerprint density at radius 2 is 2.10 bits per heavy atom. The summed E-state index contributed by atoms with van der Waals surface area (Å²) in [4.78, 5) is 12.2. The maximum absolute atomic E-state index is 12.2. The van der Waals surface area contributed by atoms with Crippen molar-refractivity contribution in [2.24, 2.45) is 11.1 Å². The summed E-state index contributed by atoms with van der Waals surface area (Å²) >= 11 is 0. The summed E-state index contributed by atoms with van der Waals surface area (Å²) in [6.07, 6.45) is 3.82. The fourth-order valence-corrected chi connectivity index (χ4v) is 2.85. The summed E-state index contributed by atoms with van der Waals surface area (Å²) in [6, 6.07) is 6.49. The summed E-state index contributed by atoms with van der Waals surface area (Å²) in [5.74, 6) is 0.137. The smallest absolute Gasteiger partial charge is 0.237 e. The van der Waals surface area contributed by atoms with Crippen LogP contribution in [0.4, 0.5) is 0 Å². The molecule has 0 spiro atoms. The van der Waals surface area contributed by atoms with Crippen molar-refractivity contribution in [1.82, 2.24) is 5.32 Å². The van der Waals surface area contributed by atoms with Gasteiger partial charge in [0.05, 0.1) is 6.04 Å². The molecule has 1 aliphatic carbocycles. The van der Waals surface area contributed by atoms with Crippen molar-refractivity contribution < 1.29 is 9.90 Å².